The van der Waals surface area contributed by atoms with Gasteiger partial charge in [0.25, 0.3) is 0 Å². The van der Waals surface area contributed by atoms with E-state index in [0.717, 1.165) is 16.3 Å². The van der Waals surface area contributed by atoms with Crippen molar-refractivity contribution in [2.24, 2.45) is 0 Å². The van der Waals surface area contributed by atoms with Crippen molar-refractivity contribution in [1.82, 2.24) is 0 Å². The van der Waals surface area contributed by atoms with Gasteiger partial charge in [-0.05, 0) is 42.5 Å². The zero-order valence-corrected chi connectivity index (χ0v) is 13.0. The average Bonchev–Trinajstić information content (AvgIpc) is 2.47. The van der Waals surface area contributed by atoms with Crippen molar-refractivity contribution in [3.8, 4) is 5.75 Å². The molecule has 110 valence electrons. The second-order valence-electron chi connectivity index (χ2n) is 4.26. The van der Waals surface area contributed by atoms with Gasteiger partial charge in [-0.1, -0.05) is 11.6 Å². The Balaban J connectivity index is 1.89. The van der Waals surface area contributed by atoms with Crippen molar-refractivity contribution in [3.05, 3.63) is 47.5 Å². The molecule has 0 atom stereocenters. The van der Waals surface area contributed by atoms with Gasteiger partial charge in [0.1, 0.15) is 5.75 Å². The molecule has 0 saturated carbocycles. The highest BCUT2D eigenvalue weighted by molar-refractivity contribution is 8.00. The molecule has 2 rings (SSSR count). The minimum Gasteiger partial charge on any atom is -0.497 e. The van der Waals surface area contributed by atoms with Crippen LogP contribution in [0.1, 0.15) is 0 Å². The van der Waals surface area contributed by atoms with Crippen LogP contribution in [0.15, 0.2) is 47.4 Å². The standard InChI is InChI=1S/C15H15ClN2O2S/c1-20-12-5-3-11(4-6-12)18-15(19)9-21-14-7-2-10(17)8-13(14)16/h2-8H,9,17H2,1H3,(H,18,19). The van der Waals surface area contributed by atoms with E-state index in [2.05, 4.69) is 5.32 Å². The number of methoxy groups -OCH3 is 1. The molecule has 4 nitrogen and oxygen atoms in total. The third-order valence-corrected chi connectivity index (χ3v) is 4.19. The van der Waals surface area contributed by atoms with Gasteiger partial charge in [-0.15, -0.1) is 11.8 Å². The number of ether oxygens (including phenoxy) is 1. The Morgan fingerprint density at radius 1 is 1.29 bits per heavy atom. The summed E-state index contributed by atoms with van der Waals surface area (Å²) >= 11 is 7.43. The Kier molecular flexibility index (Phi) is 5.36. The number of hydrogen-bond acceptors (Lipinski definition) is 4. The molecule has 6 heteroatoms. The van der Waals surface area contributed by atoms with Gasteiger partial charge in [0.2, 0.25) is 5.91 Å². The van der Waals surface area contributed by atoms with E-state index in [4.69, 9.17) is 22.1 Å². The summed E-state index contributed by atoms with van der Waals surface area (Å²) in [7, 11) is 1.60. The Hall–Kier alpha value is -1.85. The highest BCUT2D eigenvalue weighted by Gasteiger charge is 2.07. The normalized spacial score (nSPS) is 10.2. The molecule has 0 spiro atoms. The fraction of sp³-hybridized carbons (Fsp3) is 0.133. The number of rotatable bonds is 5. The molecule has 0 unspecified atom stereocenters. The lowest BCUT2D eigenvalue weighted by Gasteiger charge is -2.07. The monoisotopic (exact) mass is 322 g/mol. The van der Waals surface area contributed by atoms with E-state index >= 15 is 0 Å². The Labute approximate surface area is 132 Å². The van der Waals surface area contributed by atoms with Gasteiger partial charge in [0.05, 0.1) is 17.9 Å². The Morgan fingerprint density at radius 3 is 2.62 bits per heavy atom. The fourth-order valence-corrected chi connectivity index (χ4v) is 2.72. The second-order valence-corrected chi connectivity index (χ2v) is 5.68. The summed E-state index contributed by atoms with van der Waals surface area (Å²) in [4.78, 5) is 12.7. The van der Waals surface area contributed by atoms with Crippen molar-refractivity contribution < 1.29 is 9.53 Å². The maximum Gasteiger partial charge on any atom is 0.234 e. The topological polar surface area (TPSA) is 64.3 Å². The smallest absolute Gasteiger partial charge is 0.234 e. The van der Waals surface area contributed by atoms with E-state index in [1.54, 1.807) is 43.5 Å². The number of thioether (sulfide) groups is 1. The number of amides is 1. The van der Waals surface area contributed by atoms with Crippen LogP contribution in [0.2, 0.25) is 5.02 Å². The summed E-state index contributed by atoms with van der Waals surface area (Å²) in [5, 5.41) is 3.36. The first kappa shape index (κ1) is 15.5. The van der Waals surface area contributed by atoms with Crippen LogP contribution in [0.3, 0.4) is 0 Å². The van der Waals surface area contributed by atoms with E-state index in [1.165, 1.54) is 11.8 Å². The molecule has 0 aliphatic heterocycles. The van der Waals surface area contributed by atoms with Crippen LogP contribution in [0, 0.1) is 0 Å². The van der Waals surface area contributed by atoms with Crippen LogP contribution in [-0.4, -0.2) is 18.8 Å². The molecule has 0 radical (unpaired) electrons. The Bertz CT molecular complexity index is 632. The fourth-order valence-electron chi connectivity index (χ4n) is 1.65. The molecular formula is C15H15ClN2O2S. The molecule has 2 aromatic rings. The predicted octanol–water partition coefficient (Wildman–Crippen LogP) is 3.66. The van der Waals surface area contributed by atoms with Crippen LogP contribution in [0.5, 0.6) is 5.75 Å². The third kappa shape index (κ3) is 4.58. The van der Waals surface area contributed by atoms with Crippen LogP contribution in [0.25, 0.3) is 0 Å². The highest BCUT2D eigenvalue weighted by Crippen LogP contribution is 2.28. The highest BCUT2D eigenvalue weighted by atomic mass is 35.5. The van der Waals surface area contributed by atoms with E-state index in [-0.39, 0.29) is 11.7 Å². The molecule has 1 amide bonds. The van der Waals surface area contributed by atoms with Gasteiger partial charge in [0, 0.05) is 16.3 Å². The van der Waals surface area contributed by atoms with Gasteiger partial charge in [-0.3, -0.25) is 4.79 Å². The largest absolute Gasteiger partial charge is 0.497 e. The van der Waals surface area contributed by atoms with Gasteiger partial charge >= 0.3 is 0 Å². The maximum absolute atomic E-state index is 11.9. The molecular weight excluding hydrogens is 308 g/mol. The zero-order chi connectivity index (χ0) is 15.2. The first-order valence-corrected chi connectivity index (χ1v) is 7.56. The predicted molar refractivity (Wildman–Crippen MR) is 88.2 cm³/mol. The summed E-state index contributed by atoms with van der Waals surface area (Å²) in [6.07, 6.45) is 0. The molecule has 0 aliphatic carbocycles. The second kappa shape index (κ2) is 7.24. The summed E-state index contributed by atoms with van der Waals surface area (Å²) in [6, 6.07) is 12.4. The van der Waals surface area contributed by atoms with Crippen molar-refractivity contribution in [3.63, 3.8) is 0 Å². The number of anilines is 2. The van der Waals surface area contributed by atoms with Gasteiger partial charge in [0.15, 0.2) is 0 Å². The van der Waals surface area contributed by atoms with Crippen molar-refractivity contribution in [2.75, 3.05) is 23.9 Å². The third-order valence-electron chi connectivity index (χ3n) is 2.69. The lowest BCUT2D eigenvalue weighted by Crippen LogP contribution is -2.13. The zero-order valence-electron chi connectivity index (χ0n) is 11.4. The molecule has 0 bridgehead atoms. The molecule has 3 N–H and O–H groups in total. The number of hydrogen-bond donors (Lipinski definition) is 2. The van der Waals surface area contributed by atoms with E-state index in [9.17, 15) is 4.79 Å². The molecule has 2 aromatic carbocycles. The van der Waals surface area contributed by atoms with Gasteiger partial charge in [-0.25, -0.2) is 0 Å². The molecule has 0 fully saturated rings. The molecule has 21 heavy (non-hydrogen) atoms. The quantitative estimate of drug-likeness (QED) is 0.651. The number of benzene rings is 2. The van der Waals surface area contributed by atoms with Crippen LogP contribution < -0.4 is 15.8 Å². The van der Waals surface area contributed by atoms with E-state index < -0.39 is 0 Å². The molecule has 0 saturated heterocycles. The van der Waals surface area contributed by atoms with Crippen LogP contribution in [-0.2, 0) is 4.79 Å². The van der Waals surface area contributed by atoms with Gasteiger partial charge in [-0.2, -0.15) is 0 Å². The number of carbonyl (C=O) groups excluding carboxylic acids is 1. The van der Waals surface area contributed by atoms with Gasteiger partial charge < -0.3 is 15.8 Å². The Morgan fingerprint density at radius 2 is 2.00 bits per heavy atom. The maximum atomic E-state index is 11.9. The number of nitrogen functional groups attached to an aromatic ring is 1. The van der Waals surface area contributed by atoms with Crippen LogP contribution >= 0.6 is 23.4 Å². The summed E-state index contributed by atoms with van der Waals surface area (Å²) < 4.78 is 5.06. The SMILES string of the molecule is COc1ccc(NC(=O)CSc2ccc(N)cc2Cl)cc1. The minimum atomic E-state index is -0.0990. The van der Waals surface area contributed by atoms with Crippen molar-refractivity contribution >= 4 is 40.6 Å². The molecule has 0 heterocycles. The first-order chi connectivity index (χ1) is 10.1. The number of nitrogens with one attached hydrogen (secondary N) is 1. The lowest BCUT2D eigenvalue weighted by molar-refractivity contribution is -0.113. The number of halogens is 1. The number of carbonyl (C=O) groups is 1. The molecule has 0 aliphatic rings. The number of nitrogens with two attached hydrogens (primary N) is 1. The summed E-state index contributed by atoms with van der Waals surface area (Å²) in [6.45, 7) is 0. The summed E-state index contributed by atoms with van der Waals surface area (Å²) in [5.74, 6) is 0.921. The van der Waals surface area contributed by atoms with Crippen LogP contribution in [0.4, 0.5) is 11.4 Å². The average molecular weight is 323 g/mol. The van der Waals surface area contributed by atoms with Crippen molar-refractivity contribution in [2.45, 2.75) is 4.90 Å². The first-order valence-electron chi connectivity index (χ1n) is 6.20. The minimum absolute atomic E-state index is 0.0990. The summed E-state index contributed by atoms with van der Waals surface area (Å²) in [5.41, 5.74) is 6.96. The van der Waals surface area contributed by atoms with Crippen molar-refractivity contribution in [1.29, 1.82) is 0 Å². The molecule has 0 aromatic heterocycles. The van der Waals surface area contributed by atoms with E-state index in [1.807, 2.05) is 6.07 Å². The van der Waals surface area contributed by atoms with E-state index in [0.29, 0.717) is 10.7 Å². The lowest BCUT2D eigenvalue weighted by atomic mass is 10.3.